The zero-order valence-electron chi connectivity index (χ0n) is 10.7. The molecule has 0 bridgehead atoms. The molecule has 4 nitrogen and oxygen atoms in total. The van der Waals surface area contributed by atoms with E-state index in [1.54, 1.807) is 6.33 Å². The quantitative estimate of drug-likeness (QED) is 0.782. The number of nitrogens with zero attached hydrogens (tertiary/aromatic N) is 3. The molecule has 1 aliphatic rings. The van der Waals surface area contributed by atoms with E-state index in [-0.39, 0.29) is 0 Å². The number of anilines is 1. The summed E-state index contributed by atoms with van der Waals surface area (Å²) in [6.07, 6.45) is 1.65. The van der Waals surface area contributed by atoms with E-state index < -0.39 is 0 Å². The van der Waals surface area contributed by atoms with Crippen molar-refractivity contribution in [3.8, 4) is 0 Å². The SMILES string of the molecule is CC.Cc1ncnc(N2CCNCC2)c1C. The van der Waals surface area contributed by atoms with E-state index in [2.05, 4.69) is 27.1 Å². The molecule has 0 unspecified atom stereocenters. The van der Waals surface area contributed by atoms with Gasteiger partial charge in [0.05, 0.1) is 0 Å². The molecule has 0 spiro atoms. The van der Waals surface area contributed by atoms with Gasteiger partial charge in [-0.05, 0) is 13.8 Å². The highest BCUT2D eigenvalue weighted by Gasteiger charge is 2.14. The van der Waals surface area contributed by atoms with Gasteiger partial charge >= 0.3 is 0 Å². The summed E-state index contributed by atoms with van der Waals surface area (Å²) >= 11 is 0. The van der Waals surface area contributed by atoms with Crippen molar-refractivity contribution in [3.05, 3.63) is 17.6 Å². The summed E-state index contributed by atoms with van der Waals surface area (Å²) in [7, 11) is 0. The Bertz CT molecular complexity index is 319. The molecule has 1 N–H and O–H groups in total. The zero-order chi connectivity index (χ0) is 12.0. The third kappa shape index (κ3) is 2.92. The minimum absolute atomic E-state index is 1.04. The fraction of sp³-hybridized carbons (Fsp3) is 0.667. The van der Waals surface area contributed by atoms with Crippen LogP contribution < -0.4 is 10.2 Å². The van der Waals surface area contributed by atoms with E-state index in [1.807, 2.05) is 20.8 Å². The van der Waals surface area contributed by atoms with Crippen LogP contribution in [0.1, 0.15) is 25.1 Å². The Morgan fingerprint density at radius 3 is 2.38 bits per heavy atom. The summed E-state index contributed by atoms with van der Waals surface area (Å²) in [6, 6.07) is 0. The van der Waals surface area contributed by atoms with Gasteiger partial charge in [0.25, 0.3) is 0 Å². The highest BCUT2D eigenvalue weighted by atomic mass is 15.2. The molecule has 2 heterocycles. The third-order valence-corrected chi connectivity index (χ3v) is 2.73. The first kappa shape index (κ1) is 12.9. The van der Waals surface area contributed by atoms with Crippen LogP contribution in [0.15, 0.2) is 6.33 Å². The van der Waals surface area contributed by atoms with Crippen LogP contribution in [-0.4, -0.2) is 36.1 Å². The van der Waals surface area contributed by atoms with Crippen LogP contribution in [0.3, 0.4) is 0 Å². The molecule has 1 saturated heterocycles. The highest BCUT2D eigenvalue weighted by molar-refractivity contribution is 5.47. The highest BCUT2D eigenvalue weighted by Crippen LogP contribution is 2.17. The van der Waals surface area contributed by atoms with Crippen LogP contribution >= 0.6 is 0 Å². The van der Waals surface area contributed by atoms with Gasteiger partial charge in [0.15, 0.2) is 0 Å². The second-order valence-electron chi connectivity index (χ2n) is 3.64. The van der Waals surface area contributed by atoms with Crippen molar-refractivity contribution in [1.82, 2.24) is 15.3 Å². The normalized spacial score (nSPS) is 15.4. The van der Waals surface area contributed by atoms with Gasteiger partial charge in [-0.3, -0.25) is 0 Å². The molecule has 1 aromatic rings. The molecule has 0 saturated carbocycles. The first-order valence-corrected chi connectivity index (χ1v) is 6.03. The minimum atomic E-state index is 1.04. The second kappa shape index (κ2) is 6.43. The van der Waals surface area contributed by atoms with Crippen molar-refractivity contribution < 1.29 is 0 Å². The third-order valence-electron chi connectivity index (χ3n) is 2.73. The number of nitrogens with one attached hydrogen (secondary N) is 1. The van der Waals surface area contributed by atoms with Crippen LogP contribution in [-0.2, 0) is 0 Å². The molecule has 0 aromatic carbocycles. The fourth-order valence-electron chi connectivity index (χ4n) is 1.72. The maximum absolute atomic E-state index is 4.35. The number of rotatable bonds is 1. The Morgan fingerprint density at radius 1 is 1.12 bits per heavy atom. The summed E-state index contributed by atoms with van der Waals surface area (Å²) in [5.41, 5.74) is 2.28. The van der Waals surface area contributed by atoms with Gasteiger partial charge in [-0.2, -0.15) is 0 Å². The van der Waals surface area contributed by atoms with Crippen molar-refractivity contribution >= 4 is 5.82 Å². The molecule has 1 fully saturated rings. The van der Waals surface area contributed by atoms with Crippen molar-refractivity contribution in [2.75, 3.05) is 31.1 Å². The van der Waals surface area contributed by atoms with Gasteiger partial charge in [0.2, 0.25) is 0 Å². The van der Waals surface area contributed by atoms with Crippen molar-refractivity contribution in [3.63, 3.8) is 0 Å². The van der Waals surface area contributed by atoms with Gasteiger partial charge in [-0.1, -0.05) is 13.8 Å². The Hall–Kier alpha value is -1.16. The molecular formula is C12H22N4. The molecule has 0 amide bonds. The van der Waals surface area contributed by atoms with E-state index in [0.29, 0.717) is 0 Å². The van der Waals surface area contributed by atoms with E-state index in [9.17, 15) is 0 Å². The van der Waals surface area contributed by atoms with E-state index in [1.165, 1.54) is 5.56 Å². The molecule has 1 aromatic heterocycles. The lowest BCUT2D eigenvalue weighted by Gasteiger charge is -2.29. The predicted molar refractivity (Wildman–Crippen MR) is 67.9 cm³/mol. The second-order valence-corrected chi connectivity index (χ2v) is 3.64. The average Bonchev–Trinajstić information content (AvgIpc) is 2.36. The zero-order valence-corrected chi connectivity index (χ0v) is 10.7. The van der Waals surface area contributed by atoms with Crippen LogP contribution in [0.2, 0.25) is 0 Å². The fourth-order valence-corrected chi connectivity index (χ4v) is 1.72. The molecule has 0 radical (unpaired) electrons. The summed E-state index contributed by atoms with van der Waals surface area (Å²) in [6.45, 7) is 12.3. The molecule has 1 aliphatic heterocycles. The Balaban J connectivity index is 0.000000606. The Labute approximate surface area is 98.1 Å². The Morgan fingerprint density at radius 2 is 1.75 bits per heavy atom. The first-order valence-electron chi connectivity index (χ1n) is 6.03. The Kier molecular flexibility index (Phi) is 5.19. The smallest absolute Gasteiger partial charge is 0.135 e. The average molecular weight is 222 g/mol. The largest absolute Gasteiger partial charge is 0.354 e. The summed E-state index contributed by atoms with van der Waals surface area (Å²) < 4.78 is 0. The molecule has 0 atom stereocenters. The lowest BCUT2D eigenvalue weighted by molar-refractivity contribution is 0.583. The van der Waals surface area contributed by atoms with Gasteiger partial charge in [0, 0.05) is 37.4 Å². The summed E-state index contributed by atoms with van der Waals surface area (Å²) in [4.78, 5) is 10.9. The molecule has 2 rings (SSSR count). The van der Waals surface area contributed by atoms with Crippen LogP contribution in [0.25, 0.3) is 0 Å². The van der Waals surface area contributed by atoms with Crippen molar-refractivity contribution in [2.24, 2.45) is 0 Å². The first-order chi connectivity index (χ1) is 7.79. The lowest BCUT2D eigenvalue weighted by atomic mass is 10.2. The van der Waals surface area contributed by atoms with Gasteiger partial charge in [-0.25, -0.2) is 9.97 Å². The van der Waals surface area contributed by atoms with E-state index >= 15 is 0 Å². The summed E-state index contributed by atoms with van der Waals surface area (Å²) in [5, 5.41) is 3.33. The topological polar surface area (TPSA) is 41.1 Å². The number of aromatic nitrogens is 2. The molecular weight excluding hydrogens is 200 g/mol. The maximum atomic E-state index is 4.35. The molecule has 90 valence electrons. The number of aryl methyl sites for hydroxylation is 1. The minimum Gasteiger partial charge on any atom is -0.354 e. The molecule has 4 heteroatoms. The molecule has 0 aliphatic carbocycles. The van der Waals surface area contributed by atoms with Gasteiger partial charge in [0.1, 0.15) is 12.1 Å². The van der Waals surface area contributed by atoms with Crippen LogP contribution in [0.4, 0.5) is 5.82 Å². The predicted octanol–water partition coefficient (Wildman–Crippen LogP) is 1.53. The number of hydrogen-bond donors (Lipinski definition) is 1. The number of piperazine rings is 1. The monoisotopic (exact) mass is 222 g/mol. The number of hydrogen-bond acceptors (Lipinski definition) is 4. The van der Waals surface area contributed by atoms with Gasteiger partial charge in [-0.15, -0.1) is 0 Å². The van der Waals surface area contributed by atoms with E-state index in [4.69, 9.17) is 0 Å². The van der Waals surface area contributed by atoms with Crippen LogP contribution in [0, 0.1) is 13.8 Å². The summed E-state index contributed by atoms with van der Waals surface area (Å²) in [5.74, 6) is 1.10. The van der Waals surface area contributed by atoms with E-state index in [0.717, 1.165) is 37.7 Å². The van der Waals surface area contributed by atoms with Crippen LogP contribution in [0.5, 0.6) is 0 Å². The lowest BCUT2D eigenvalue weighted by Crippen LogP contribution is -2.44. The van der Waals surface area contributed by atoms with Crippen molar-refractivity contribution in [2.45, 2.75) is 27.7 Å². The van der Waals surface area contributed by atoms with Gasteiger partial charge < -0.3 is 10.2 Å². The van der Waals surface area contributed by atoms with Crippen molar-refractivity contribution in [1.29, 1.82) is 0 Å². The molecule has 16 heavy (non-hydrogen) atoms. The standard InChI is InChI=1S/C10H16N4.C2H6/c1-8-9(2)12-7-13-10(8)14-5-3-11-4-6-14;1-2/h7,11H,3-6H2,1-2H3;1-2H3. The maximum Gasteiger partial charge on any atom is 0.135 e.